The minimum Gasteiger partial charge on any atom is -0.309 e. The summed E-state index contributed by atoms with van der Waals surface area (Å²) in [6.07, 6.45) is 4.85. The molecule has 0 aliphatic carbocycles. The first-order chi connectivity index (χ1) is 8.27. The maximum atomic E-state index is 4.48. The molecule has 0 aliphatic heterocycles. The summed E-state index contributed by atoms with van der Waals surface area (Å²) in [4.78, 5) is 8.62. The topological polar surface area (TPSA) is 37.8 Å². The van der Waals surface area contributed by atoms with Crippen molar-refractivity contribution >= 4 is 0 Å². The lowest BCUT2D eigenvalue weighted by molar-refractivity contribution is 0.493. The lowest BCUT2D eigenvalue weighted by Gasteiger charge is -2.17. The molecule has 0 saturated carbocycles. The first kappa shape index (κ1) is 13.7. The molecule has 1 rings (SSSR count). The van der Waals surface area contributed by atoms with E-state index >= 15 is 0 Å². The molecule has 0 saturated heterocycles. The molecule has 1 atom stereocenters. The summed E-state index contributed by atoms with van der Waals surface area (Å²) in [5.41, 5.74) is 1.07. The predicted molar refractivity (Wildman–Crippen MR) is 70.5 cm³/mol. The summed E-state index contributed by atoms with van der Waals surface area (Å²) in [5.74, 6) is 6.86. The molecule has 0 amide bonds. The van der Waals surface area contributed by atoms with E-state index in [0.29, 0.717) is 0 Å². The number of aryl methyl sites for hydroxylation is 1. The van der Waals surface area contributed by atoms with Crippen LogP contribution in [0, 0.1) is 18.8 Å². The van der Waals surface area contributed by atoms with Crippen LogP contribution in [0.25, 0.3) is 0 Å². The average molecular weight is 231 g/mol. The van der Waals surface area contributed by atoms with E-state index in [9.17, 15) is 0 Å². The Bertz CT molecular complexity index is 390. The van der Waals surface area contributed by atoms with Crippen LogP contribution >= 0.6 is 0 Å². The van der Waals surface area contributed by atoms with Gasteiger partial charge < -0.3 is 5.32 Å². The van der Waals surface area contributed by atoms with E-state index in [4.69, 9.17) is 0 Å². The van der Waals surface area contributed by atoms with Crippen LogP contribution in [-0.2, 0) is 0 Å². The van der Waals surface area contributed by atoms with Gasteiger partial charge in [-0.05, 0) is 39.3 Å². The normalized spacial score (nSPS) is 11.7. The van der Waals surface area contributed by atoms with Crippen molar-refractivity contribution in [2.45, 2.75) is 46.1 Å². The molecule has 3 nitrogen and oxygen atoms in total. The zero-order valence-corrected chi connectivity index (χ0v) is 11.0. The lowest BCUT2D eigenvalue weighted by Crippen LogP contribution is -2.23. The number of hydrogen-bond acceptors (Lipinski definition) is 3. The van der Waals surface area contributed by atoms with Gasteiger partial charge in [0.1, 0.15) is 5.82 Å². The van der Waals surface area contributed by atoms with Gasteiger partial charge >= 0.3 is 0 Å². The highest BCUT2D eigenvalue weighted by molar-refractivity contribution is 5.08. The third-order valence-electron chi connectivity index (χ3n) is 2.53. The lowest BCUT2D eigenvalue weighted by atomic mass is 10.1. The zero-order valence-electron chi connectivity index (χ0n) is 11.0. The molecule has 0 spiro atoms. The van der Waals surface area contributed by atoms with E-state index in [1.807, 2.05) is 26.1 Å². The predicted octanol–water partition coefficient (Wildman–Crippen LogP) is 2.63. The highest BCUT2D eigenvalue weighted by Gasteiger charge is 2.11. The second kappa shape index (κ2) is 7.81. The Hall–Kier alpha value is -1.40. The Morgan fingerprint density at radius 3 is 2.94 bits per heavy atom. The molecule has 0 bridgehead atoms. The first-order valence-corrected chi connectivity index (χ1v) is 6.20. The fourth-order valence-electron chi connectivity index (χ4n) is 1.68. The highest BCUT2D eigenvalue weighted by atomic mass is 15.0. The smallest absolute Gasteiger partial charge is 0.125 e. The Balaban J connectivity index is 2.69. The van der Waals surface area contributed by atoms with Crippen LogP contribution in [0.4, 0.5) is 0 Å². The van der Waals surface area contributed by atoms with Crippen LogP contribution in [0.15, 0.2) is 12.3 Å². The van der Waals surface area contributed by atoms with Gasteiger partial charge in [-0.2, -0.15) is 0 Å². The van der Waals surface area contributed by atoms with Gasteiger partial charge in [-0.25, -0.2) is 9.97 Å². The maximum Gasteiger partial charge on any atom is 0.125 e. The van der Waals surface area contributed by atoms with E-state index in [1.165, 1.54) is 0 Å². The minimum atomic E-state index is 0.289. The van der Waals surface area contributed by atoms with Crippen LogP contribution in [0.2, 0.25) is 0 Å². The molecule has 0 radical (unpaired) electrons. The van der Waals surface area contributed by atoms with Gasteiger partial charge in [-0.15, -0.1) is 11.8 Å². The van der Waals surface area contributed by atoms with Gasteiger partial charge in [0.05, 0.1) is 11.7 Å². The summed E-state index contributed by atoms with van der Waals surface area (Å²) < 4.78 is 0. The molecule has 0 aliphatic rings. The quantitative estimate of drug-likeness (QED) is 0.765. The first-order valence-electron chi connectivity index (χ1n) is 6.20. The van der Waals surface area contributed by atoms with Gasteiger partial charge in [-0.3, -0.25) is 0 Å². The summed E-state index contributed by atoms with van der Waals surface area (Å²) in [6.45, 7) is 6.98. The summed E-state index contributed by atoms with van der Waals surface area (Å²) in [7, 11) is 0. The third kappa shape index (κ3) is 4.97. The third-order valence-corrected chi connectivity index (χ3v) is 2.53. The molecule has 3 heteroatoms. The standard InChI is InChI=1S/C14H21N3/c1-4-6-7-8-13(16-10-5-2)14-9-11-15-12(3)17-14/h9,11,13,16H,5,7-8,10H2,1-3H3. The fourth-order valence-corrected chi connectivity index (χ4v) is 1.68. The number of hydrogen-bond donors (Lipinski definition) is 1. The van der Waals surface area contributed by atoms with Gasteiger partial charge in [0, 0.05) is 12.6 Å². The molecule has 0 fully saturated rings. The molecule has 92 valence electrons. The van der Waals surface area contributed by atoms with Crippen LogP contribution in [0.1, 0.15) is 50.7 Å². The van der Waals surface area contributed by atoms with Gasteiger partial charge in [0.2, 0.25) is 0 Å². The van der Waals surface area contributed by atoms with Crippen molar-refractivity contribution < 1.29 is 0 Å². The molecule has 1 aromatic heterocycles. The number of nitrogens with one attached hydrogen (secondary N) is 1. The Labute approximate surface area is 104 Å². The van der Waals surface area contributed by atoms with Gasteiger partial charge in [0.15, 0.2) is 0 Å². The van der Waals surface area contributed by atoms with Crippen molar-refractivity contribution in [3.8, 4) is 11.8 Å². The fraction of sp³-hybridized carbons (Fsp3) is 0.571. The second-order valence-corrected chi connectivity index (χ2v) is 4.00. The van der Waals surface area contributed by atoms with E-state index < -0.39 is 0 Å². The Kier molecular flexibility index (Phi) is 6.27. The van der Waals surface area contributed by atoms with Gasteiger partial charge in [-0.1, -0.05) is 6.92 Å². The zero-order chi connectivity index (χ0) is 12.5. The molecule has 1 N–H and O–H groups in total. The largest absolute Gasteiger partial charge is 0.309 e. The number of rotatable bonds is 6. The number of nitrogens with zero attached hydrogens (tertiary/aromatic N) is 2. The average Bonchev–Trinajstić information content (AvgIpc) is 2.33. The number of aromatic nitrogens is 2. The van der Waals surface area contributed by atoms with Crippen molar-refractivity contribution in [1.82, 2.24) is 15.3 Å². The van der Waals surface area contributed by atoms with E-state index in [1.54, 1.807) is 0 Å². The second-order valence-electron chi connectivity index (χ2n) is 4.00. The molecule has 1 heterocycles. The highest BCUT2D eigenvalue weighted by Crippen LogP contribution is 2.15. The SMILES string of the molecule is CC#CCCC(NCCC)c1ccnc(C)n1. The van der Waals surface area contributed by atoms with Crippen LogP contribution in [-0.4, -0.2) is 16.5 Å². The van der Waals surface area contributed by atoms with Crippen LogP contribution in [0.5, 0.6) is 0 Å². The molecule has 1 aromatic rings. The molecule has 17 heavy (non-hydrogen) atoms. The van der Waals surface area contributed by atoms with Gasteiger partial charge in [0.25, 0.3) is 0 Å². The monoisotopic (exact) mass is 231 g/mol. The van der Waals surface area contributed by atoms with Crippen molar-refractivity contribution in [2.75, 3.05) is 6.54 Å². The summed E-state index contributed by atoms with van der Waals surface area (Å²) >= 11 is 0. The van der Waals surface area contributed by atoms with E-state index in [2.05, 4.69) is 34.0 Å². The summed E-state index contributed by atoms with van der Waals surface area (Å²) in [5, 5.41) is 3.51. The molecular formula is C14H21N3. The Morgan fingerprint density at radius 2 is 2.29 bits per heavy atom. The van der Waals surface area contributed by atoms with Crippen LogP contribution in [0.3, 0.4) is 0 Å². The van der Waals surface area contributed by atoms with E-state index in [0.717, 1.165) is 37.3 Å². The molecule has 0 aromatic carbocycles. The van der Waals surface area contributed by atoms with Crippen molar-refractivity contribution in [2.24, 2.45) is 0 Å². The van der Waals surface area contributed by atoms with Crippen LogP contribution < -0.4 is 5.32 Å². The molecular weight excluding hydrogens is 210 g/mol. The molecule has 1 unspecified atom stereocenters. The van der Waals surface area contributed by atoms with Crippen molar-refractivity contribution in [3.05, 3.63) is 23.8 Å². The van der Waals surface area contributed by atoms with Crippen molar-refractivity contribution in [1.29, 1.82) is 0 Å². The Morgan fingerprint density at radius 1 is 1.47 bits per heavy atom. The summed E-state index contributed by atoms with van der Waals surface area (Å²) in [6, 6.07) is 2.28. The van der Waals surface area contributed by atoms with E-state index in [-0.39, 0.29) is 6.04 Å². The maximum absolute atomic E-state index is 4.48. The van der Waals surface area contributed by atoms with Crippen molar-refractivity contribution in [3.63, 3.8) is 0 Å². The minimum absolute atomic E-state index is 0.289.